The number of fused-ring (bicyclic) bond motifs is 1. The zero-order valence-corrected chi connectivity index (χ0v) is 22.8. The van der Waals surface area contributed by atoms with E-state index in [1.54, 1.807) is 18.2 Å². The average Bonchev–Trinajstić information content (AvgIpc) is 3.29. The van der Waals surface area contributed by atoms with Gasteiger partial charge in [-0.2, -0.15) is 4.98 Å². The SMILES string of the molecule is O=C(O)c1ccc2nc(CN3CCN(c4cccc(OC5(c6ccccc6)COC5)n4)CC3)n(CC3CCO3)c2c1. The van der Waals surface area contributed by atoms with Gasteiger partial charge < -0.3 is 28.8 Å². The molecular formula is C31H33N5O5. The number of imidazole rings is 1. The van der Waals surface area contributed by atoms with Crippen molar-refractivity contribution in [1.29, 1.82) is 0 Å². The van der Waals surface area contributed by atoms with E-state index in [0.29, 0.717) is 32.2 Å². The molecule has 10 nitrogen and oxygen atoms in total. The molecule has 41 heavy (non-hydrogen) atoms. The Labute approximate surface area is 238 Å². The van der Waals surface area contributed by atoms with Crippen molar-refractivity contribution < 1.29 is 24.1 Å². The topological polar surface area (TPSA) is 102 Å². The summed E-state index contributed by atoms with van der Waals surface area (Å²) >= 11 is 0. The van der Waals surface area contributed by atoms with Crippen molar-refractivity contribution in [1.82, 2.24) is 19.4 Å². The summed E-state index contributed by atoms with van der Waals surface area (Å²) in [6.45, 7) is 6.55. The Balaban J connectivity index is 1.04. The van der Waals surface area contributed by atoms with Crippen LogP contribution in [0.15, 0.2) is 66.7 Å². The van der Waals surface area contributed by atoms with Crippen LogP contribution in [-0.2, 0) is 28.2 Å². The first-order valence-corrected chi connectivity index (χ1v) is 14.2. The Morgan fingerprint density at radius 2 is 1.80 bits per heavy atom. The number of anilines is 1. The second-order valence-electron chi connectivity index (χ2n) is 11.0. The first-order valence-electron chi connectivity index (χ1n) is 14.2. The lowest BCUT2D eigenvalue weighted by Crippen LogP contribution is -2.51. The molecule has 0 aliphatic carbocycles. The number of aromatic carboxylic acids is 1. The van der Waals surface area contributed by atoms with Crippen LogP contribution in [0.3, 0.4) is 0 Å². The van der Waals surface area contributed by atoms with E-state index in [2.05, 4.69) is 26.5 Å². The van der Waals surface area contributed by atoms with E-state index >= 15 is 0 Å². The van der Waals surface area contributed by atoms with Gasteiger partial charge in [0, 0.05) is 44.4 Å². The maximum atomic E-state index is 11.6. The summed E-state index contributed by atoms with van der Waals surface area (Å²) in [7, 11) is 0. The Hall–Kier alpha value is -3.99. The van der Waals surface area contributed by atoms with E-state index in [9.17, 15) is 9.90 Å². The monoisotopic (exact) mass is 555 g/mol. The summed E-state index contributed by atoms with van der Waals surface area (Å²) in [5.41, 5.74) is 2.54. The molecule has 2 aromatic heterocycles. The molecule has 4 aromatic rings. The molecule has 0 amide bonds. The van der Waals surface area contributed by atoms with Gasteiger partial charge >= 0.3 is 5.97 Å². The second kappa shape index (κ2) is 10.8. The molecule has 1 N–H and O–H groups in total. The van der Waals surface area contributed by atoms with Crippen molar-refractivity contribution >= 4 is 22.8 Å². The molecule has 1 unspecified atom stereocenters. The van der Waals surface area contributed by atoms with E-state index in [1.165, 1.54) is 0 Å². The lowest BCUT2D eigenvalue weighted by molar-refractivity contribution is -0.169. The summed E-state index contributed by atoms with van der Waals surface area (Å²) in [5, 5.41) is 9.52. The second-order valence-corrected chi connectivity index (χ2v) is 11.0. The summed E-state index contributed by atoms with van der Waals surface area (Å²) < 4.78 is 19.8. The number of rotatable bonds is 9. The standard InChI is InChI=1S/C31H33N5O5/c37-30(38)22-9-10-25-26(17-22)36(18-24-11-16-40-24)28(32-25)19-34-12-14-35(15-13-34)27-7-4-8-29(33-27)41-31(20-39-21-31)23-5-2-1-3-6-23/h1-10,17,24H,11-16,18-21H2,(H,37,38). The van der Waals surface area contributed by atoms with Crippen LogP contribution in [0.25, 0.3) is 11.0 Å². The number of ether oxygens (including phenoxy) is 3. The van der Waals surface area contributed by atoms with Gasteiger partial charge in [-0.25, -0.2) is 9.78 Å². The van der Waals surface area contributed by atoms with Crippen LogP contribution in [0, 0.1) is 0 Å². The van der Waals surface area contributed by atoms with Crippen LogP contribution in [0.2, 0.25) is 0 Å². The van der Waals surface area contributed by atoms with Gasteiger partial charge in [0.2, 0.25) is 5.88 Å². The van der Waals surface area contributed by atoms with E-state index in [1.807, 2.05) is 36.4 Å². The minimum Gasteiger partial charge on any atom is -0.478 e. The summed E-state index contributed by atoms with van der Waals surface area (Å²) in [5.74, 6) is 1.51. The predicted octanol–water partition coefficient (Wildman–Crippen LogP) is 3.55. The molecule has 0 saturated carbocycles. The number of carbonyl (C=O) groups is 1. The number of carboxylic acids is 1. The molecular weight excluding hydrogens is 522 g/mol. The van der Waals surface area contributed by atoms with Crippen molar-refractivity contribution in [2.75, 3.05) is 50.9 Å². The highest BCUT2D eigenvalue weighted by molar-refractivity contribution is 5.92. The molecule has 0 radical (unpaired) electrons. The Morgan fingerprint density at radius 1 is 1.00 bits per heavy atom. The molecule has 2 aromatic carbocycles. The molecule has 3 fully saturated rings. The lowest BCUT2D eigenvalue weighted by atomic mass is 9.92. The number of benzene rings is 2. The maximum absolute atomic E-state index is 11.6. The Morgan fingerprint density at radius 3 is 2.49 bits per heavy atom. The predicted molar refractivity (Wildman–Crippen MR) is 152 cm³/mol. The number of hydrogen-bond donors (Lipinski definition) is 1. The van der Waals surface area contributed by atoms with E-state index in [4.69, 9.17) is 24.2 Å². The third-order valence-electron chi connectivity index (χ3n) is 8.29. The summed E-state index contributed by atoms with van der Waals surface area (Å²) in [6.07, 6.45) is 1.15. The lowest BCUT2D eigenvalue weighted by Gasteiger charge is -2.41. The average molecular weight is 556 g/mol. The fourth-order valence-corrected chi connectivity index (χ4v) is 5.75. The minimum absolute atomic E-state index is 0.143. The van der Waals surface area contributed by atoms with E-state index in [-0.39, 0.29) is 11.7 Å². The molecule has 3 saturated heterocycles. The Kier molecular flexibility index (Phi) is 6.82. The first kappa shape index (κ1) is 25.9. The number of carboxylic acid groups (broad SMARTS) is 1. The van der Waals surface area contributed by atoms with Crippen molar-refractivity contribution in [3.8, 4) is 5.88 Å². The van der Waals surface area contributed by atoms with Gasteiger partial charge in [0.25, 0.3) is 0 Å². The van der Waals surface area contributed by atoms with E-state index in [0.717, 1.165) is 67.4 Å². The van der Waals surface area contributed by atoms with Crippen LogP contribution in [0.5, 0.6) is 5.88 Å². The van der Waals surface area contributed by atoms with Crippen LogP contribution in [0.4, 0.5) is 5.82 Å². The normalized spacial score (nSPS) is 20.4. The number of hydrogen-bond acceptors (Lipinski definition) is 8. The molecule has 5 heterocycles. The van der Waals surface area contributed by atoms with Crippen LogP contribution in [0.1, 0.15) is 28.2 Å². The number of piperazine rings is 1. The molecule has 3 aliphatic heterocycles. The number of aromatic nitrogens is 3. The van der Waals surface area contributed by atoms with Crippen LogP contribution < -0.4 is 9.64 Å². The largest absolute Gasteiger partial charge is 0.478 e. The summed E-state index contributed by atoms with van der Waals surface area (Å²) in [4.78, 5) is 26.1. The van der Waals surface area contributed by atoms with Gasteiger partial charge in [-0.1, -0.05) is 36.4 Å². The van der Waals surface area contributed by atoms with Gasteiger partial charge in [0.1, 0.15) is 11.6 Å². The fourth-order valence-electron chi connectivity index (χ4n) is 5.75. The molecule has 212 valence electrons. The maximum Gasteiger partial charge on any atom is 0.335 e. The van der Waals surface area contributed by atoms with Crippen LogP contribution >= 0.6 is 0 Å². The summed E-state index contributed by atoms with van der Waals surface area (Å²) in [6, 6.07) is 21.3. The van der Waals surface area contributed by atoms with Crippen molar-refractivity contribution in [3.63, 3.8) is 0 Å². The fraction of sp³-hybridized carbons (Fsp3) is 0.387. The smallest absolute Gasteiger partial charge is 0.335 e. The van der Waals surface area contributed by atoms with Crippen molar-refractivity contribution in [2.45, 2.75) is 31.2 Å². The quantitative estimate of drug-likeness (QED) is 0.332. The minimum atomic E-state index is -0.934. The molecule has 0 spiro atoms. The van der Waals surface area contributed by atoms with Gasteiger partial charge in [0.05, 0.1) is 49.0 Å². The van der Waals surface area contributed by atoms with Crippen molar-refractivity contribution in [3.05, 3.63) is 83.7 Å². The third-order valence-corrected chi connectivity index (χ3v) is 8.29. The van der Waals surface area contributed by atoms with Crippen molar-refractivity contribution in [2.24, 2.45) is 0 Å². The third kappa shape index (κ3) is 5.14. The first-order chi connectivity index (χ1) is 20.1. The number of nitrogens with zero attached hydrogens (tertiary/aromatic N) is 5. The zero-order chi connectivity index (χ0) is 27.8. The van der Waals surface area contributed by atoms with Crippen LogP contribution in [-0.4, -0.2) is 82.6 Å². The molecule has 0 bridgehead atoms. The molecule has 10 heteroatoms. The Bertz CT molecular complexity index is 1540. The molecule has 3 aliphatic rings. The highest BCUT2D eigenvalue weighted by Crippen LogP contribution is 2.35. The highest BCUT2D eigenvalue weighted by Gasteiger charge is 2.43. The highest BCUT2D eigenvalue weighted by atomic mass is 16.6. The van der Waals surface area contributed by atoms with Gasteiger partial charge in [-0.05, 0) is 30.7 Å². The van der Waals surface area contributed by atoms with E-state index < -0.39 is 11.6 Å². The zero-order valence-electron chi connectivity index (χ0n) is 22.8. The van der Waals surface area contributed by atoms with Gasteiger partial charge in [-0.3, -0.25) is 4.90 Å². The molecule has 7 rings (SSSR count). The van der Waals surface area contributed by atoms with Gasteiger partial charge in [0.15, 0.2) is 5.60 Å². The molecule has 1 atom stereocenters. The number of pyridine rings is 1. The van der Waals surface area contributed by atoms with Gasteiger partial charge in [-0.15, -0.1) is 0 Å².